The van der Waals surface area contributed by atoms with Crippen molar-refractivity contribution in [2.24, 2.45) is 0 Å². The number of nitriles is 1. The van der Waals surface area contributed by atoms with Crippen LogP contribution in [0, 0.1) is 11.3 Å². The molecular formula is C14H23N3OS. The molecule has 0 aromatic heterocycles. The molecule has 2 aliphatic rings. The second kappa shape index (κ2) is 6.15. The van der Waals surface area contributed by atoms with Crippen LogP contribution in [0.5, 0.6) is 0 Å². The first-order valence-corrected chi connectivity index (χ1v) is 8.35. The van der Waals surface area contributed by atoms with Crippen molar-refractivity contribution >= 4 is 17.7 Å². The van der Waals surface area contributed by atoms with Crippen molar-refractivity contribution in [3.05, 3.63) is 0 Å². The number of hydrogen-bond acceptors (Lipinski definition) is 4. The number of carbonyl (C=O) groups excluding carboxylic acids is 1. The molecule has 2 rings (SSSR count). The van der Waals surface area contributed by atoms with Crippen LogP contribution in [0.1, 0.15) is 32.6 Å². The van der Waals surface area contributed by atoms with Crippen molar-refractivity contribution in [1.29, 1.82) is 5.26 Å². The molecule has 1 aliphatic heterocycles. The third-order valence-corrected chi connectivity index (χ3v) is 5.55. The molecular weight excluding hydrogens is 258 g/mol. The summed E-state index contributed by atoms with van der Waals surface area (Å²) < 4.78 is -0.222. The maximum Gasteiger partial charge on any atom is 0.236 e. The lowest BCUT2D eigenvalue weighted by Gasteiger charge is -2.36. The Hall–Kier alpha value is -0.730. The van der Waals surface area contributed by atoms with Crippen molar-refractivity contribution in [3.8, 4) is 6.07 Å². The number of amides is 1. The van der Waals surface area contributed by atoms with Gasteiger partial charge in [0.15, 0.2) is 0 Å². The minimum atomic E-state index is -0.222. The van der Waals surface area contributed by atoms with Crippen molar-refractivity contribution in [1.82, 2.24) is 9.80 Å². The molecule has 0 spiro atoms. The van der Waals surface area contributed by atoms with Crippen molar-refractivity contribution in [2.45, 2.75) is 43.4 Å². The van der Waals surface area contributed by atoms with Crippen LogP contribution < -0.4 is 0 Å². The van der Waals surface area contributed by atoms with E-state index in [-0.39, 0.29) is 10.7 Å². The van der Waals surface area contributed by atoms with Crippen LogP contribution in [0.25, 0.3) is 0 Å². The highest BCUT2D eigenvalue weighted by Gasteiger charge is 2.36. The number of piperidine rings is 1. The highest BCUT2D eigenvalue weighted by Crippen LogP contribution is 2.34. The SMILES string of the molecule is CCN(C(=O)CN1CCC(C#N)(SC)CC1)C1CC1. The first-order valence-electron chi connectivity index (χ1n) is 7.12. The Kier molecular flexibility index (Phi) is 4.75. The van der Waals surface area contributed by atoms with Gasteiger partial charge in [0.05, 0.1) is 12.6 Å². The van der Waals surface area contributed by atoms with Gasteiger partial charge in [0.2, 0.25) is 5.91 Å². The quantitative estimate of drug-likeness (QED) is 0.770. The molecule has 106 valence electrons. The van der Waals surface area contributed by atoms with Crippen LogP contribution in [0.3, 0.4) is 0 Å². The molecule has 0 aromatic rings. The largest absolute Gasteiger partial charge is 0.339 e. The lowest BCUT2D eigenvalue weighted by Crippen LogP contribution is -2.47. The van der Waals surface area contributed by atoms with Crippen LogP contribution in [0.2, 0.25) is 0 Å². The average Bonchev–Trinajstić information content (AvgIpc) is 3.25. The van der Waals surface area contributed by atoms with Gasteiger partial charge in [-0.25, -0.2) is 0 Å². The van der Waals surface area contributed by atoms with Crippen molar-refractivity contribution < 1.29 is 4.79 Å². The van der Waals surface area contributed by atoms with Gasteiger partial charge in [0.1, 0.15) is 4.75 Å². The number of likely N-dealkylation sites (N-methyl/N-ethyl adjacent to an activating group) is 1. The first-order chi connectivity index (χ1) is 9.14. The molecule has 1 aliphatic carbocycles. The molecule has 1 saturated heterocycles. The average molecular weight is 281 g/mol. The van der Waals surface area contributed by atoms with Crippen LogP contribution in [-0.2, 0) is 4.79 Å². The molecule has 2 fully saturated rings. The highest BCUT2D eigenvalue weighted by molar-refractivity contribution is 8.00. The first kappa shape index (κ1) is 14.7. The monoisotopic (exact) mass is 281 g/mol. The summed E-state index contributed by atoms with van der Waals surface area (Å²) in [5.74, 6) is 0.263. The molecule has 1 saturated carbocycles. The normalized spacial score (nSPS) is 22.8. The van der Waals surface area contributed by atoms with Crippen LogP contribution in [0.15, 0.2) is 0 Å². The number of rotatable bonds is 5. The van der Waals surface area contributed by atoms with Crippen LogP contribution in [0.4, 0.5) is 0 Å². The van der Waals surface area contributed by atoms with Crippen LogP contribution >= 0.6 is 11.8 Å². The summed E-state index contributed by atoms with van der Waals surface area (Å²) in [5, 5.41) is 9.25. The van der Waals surface area contributed by atoms with E-state index in [4.69, 9.17) is 0 Å². The Morgan fingerprint density at radius 3 is 2.53 bits per heavy atom. The van der Waals surface area contributed by atoms with Gasteiger partial charge in [-0.2, -0.15) is 5.26 Å². The predicted octanol–water partition coefficient (Wildman–Crippen LogP) is 1.72. The lowest BCUT2D eigenvalue weighted by atomic mass is 9.97. The fraction of sp³-hybridized carbons (Fsp3) is 0.857. The summed E-state index contributed by atoms with van der Waals surface area (Å²) in [7, 11) is 0. The molecule has 4 nitrogen and oxygen atoms in total. The van der Waals surface area contributed by atoms with Crippen molar-refractivity contribution in [2.75, 3.05) is 32.4 Å². The van der Waals surface area contributed by atoms with Gasteiger partial charge in [-0.1, -0.05) is 0 Å². The number of thioether (sulfide) groups is 1. The van der Waals surface area contributed by atoms with Gasteiger partial charge in [0.25, 0.3) is 0 Å². The Morgan fingerprint density at radius 2 is 2.11 bits per heavy atom. The van der Waals surface area contributed by atoms with Gasteiger partial charge >= 0.3 is 0 Å². The Labute approximate surface area is 120 Å². The highest BCUT2D eigenvalue weighted by atomic mass is 32.2. The molecule has 1 heterocycles. The zero-order valence-corrected chi connectivity index (χ0v) is 12.7. The number of hydrogen-bond donors (Lipinski definition) is 0. The third kappa shape index (κ3) is 3.43. The van der Waals surface area contributed by atoms with Gasteiger partial charge in [-0.15, -0.1) is 11.8 Å². The zero-order chi connectivity index (χ0) is 13.9. The Balaban J connectivity index is 1.82. The Morgan fingerprint density at radius 1 is 1.47 bits per heavy atom. The molecule has 0 bridgehead atoms. The van der Waals surface area contributed by atoms with E-state index in [9.17, 15) is 10.1 Å². The molecule has 0 radical (unpaired) electrons. The minimum absolute atomic E-state index is 0.222. The molecule has 0 atom stereocenters. The molecule has 1 amide bonds. The van der Waals surface area contributed by atoms with Gasteiger partial charge in [-0.3, -0.25) is 9.69 Å². The second-order valence-corrected chi connectivity index (χ2v) is 6.69. The van der Waals surface area contributed by atoms with E-state index in [1.54, 1.807) is 11.8 Å². The molecule has 0 aromatic carbocycles. The topological polar surface area (TPSA) is 47.3 Å². The molecule has 19 heavy (non-hydrogen) atoms. The molecule has 0 N–H and O–H groups in total. The molecule has 5 heteroatoms. The van der Waals surface area contributed by atoms with E-state index >= 15 is 0 Å². The second-order valence-electron chi connectivity index (χ2n) is 5.50. The summed E-state index contributed by atoms with van der Waals surface area (Å²) in [6.07, 6.45) is 6.09. The maximum absolute atomic E-state index is 12.2. The van der Waals surface area contributed by atoms with Crippen molar-refractivity contribution in [3.63, 3.8) is 0 Å². The van der Waals surface area contributed by atoms with Gasteiger partial charge < -0.3 is 4.90 Å². The minimum Gasteiger partial charge on any atom is -0.339 e. The number of nitrogens with zero attached hydrogens (tertiary/aromatic N) is 3. The van der Waals surface area contributed by atoms with E-state index in [1.807, 2.05) is 11.2 Å². The van der Waals surface area contributed by atoms with Crippen LogP contribution in [-0.4, -0.2) is 58.9 Å². The van der Waals surface area contributed by atoms with E-state index in [0.717, 1.165) is 32.5 Å². The third-order valence-electron chi connectivity index (χ3n) is 4.27. The van der Waals surface area contributed by atoms with E-state index in [0.29, 0.717) is 12.6 Å². The van der Waals surface area contributed by atoms with Gasteiger partial charge in [0, 0.05) is 25.7 Å². The lowest BCUT2D eigenvalue weighted by molar-refractivity contribution is -0.133. The summed E-state index contributed by atoms with van der Waals surface area (Å²) in [6, 6.07) is 2.95. The maximum atomic E-state index is 12.2. The zero-order valence-electron chi connectivity index (χ0n) is 11.9. The summed E-state index contributed by atoms with van der Waals surface area (Å²) >= 11 is 1.66. The standard InChI is InChI=1S/C14H23N3OS/c1-3-17(12-4-5-12)13(18)10-16-8-6-14(11-15,19-2)7-9-16/h12H,3-10H2,1-2H3. The van der Waals surface area contributed by atoms with E-state index < -0.39 is 0 Å². The van der Waals surface area contributed by atoms with E-state index in [1.165, 1.54) is 12.8 Å². The number of carbonyl (C=O) groups is 1. The summed E-state index contributed by atoms with van der Waals surface area (Å²) in [6.45, 7) is 5.14. The van der Waals surface area contributed by atoms with Gasteiger partial charge in [-0.05, 0) is 38.9 Å². The predicted molar refractivity (Wildman–Crippen MR) is 77.9 cm³/mol. The Bertz CT molecular complexity index is 367. The fourth-order valence-corrected chi connectivity index (χ4v) is 3.42. The molecule has 0 unspecified atom stereocenters. The fourth-order valence-electron chi connectivity index (χ4n) is 2.74. The van der Waals surface area contributed by atoms with E-state index in [2.05, 4.69) is 17.9 Å². The smallest absolute Gasteiger partial charge is 0.236 e. The number of likely N-dealkylation sites (tertiary alicyclic amines) is 1. The summed E-state index contributed by atoms with van der Waals surface area (Å²) in [5.41, 5.74) is 0. The summed E-state index contributed by atoms with van der Waals surface area (Å²) in [4.78, 5) is 16.5.